The van der Waals surface area contributed by atoms with Gasteiger partial charge in [0.15, 0.2) is 0 Å². The highest BCUT2D eigenvalue weighted by molar-refractivity contribution is 7.08. The third-order valence-corrected chi connectivity index (χ3v) is 6.71. The van der Waals surface area contributed by atoms with E-state index in [9.17, 15) is 18.7 Å². The fourth-order valence-corrected chi connectivity index (χ4v) is 4.68. The van der Waals surface area contributed by atoms with Crippen LogP contribution in [0.3, 0.4) is 0 Å². The second-order valence-electron chi connectivity index (χ2n) is 8.75. The fourth-order valence-electron chi connectivity index (χ4n) is 4.09. The van der Waals surface area contributed by atoms with Gasteiger partial charge in [-0.3, -0.25) is 4.79 Å². The number of carbonyl (C=O) groups excluding carboxylic acids is 1. The van der Waals surface area contributed by atoms with E-state index in [2.05, 4.69) is 39.3 Å². The molecule has 0 unspecified atom stereocenters. The molecular weight excluding hydrogens is 494 g/mol. The van der Waals surface area contributed by atoms with Crippen LogP contribution in [0, 0.1) is 11.6 Å². The summed E-state index contributed by atoms with van der Waals surface area (Å²) in [5, 5.41) is 21.2. The van der Waals surface area contributed by atoms with E-state index in [-0.39, 0.29) is 17.8 Å². The lowest BCUT2D eigenvalue weighted by Crippen LogP contribution is -2.48. The van der Waals surface area contributed by atoms with Gasteiger partial charge in [0.2, 0.25) is 0 Å². The molecule has 4 rings (SSSR count). The van der Waals surface area contributed by atoms with Crippen LogP contribution in [0.5, 0.6) is 0 Å². The molecule has 0 radical (unpaired) electrons. The van der Waals surface area contributed by atoms with E-state index in [0.29, 0.717) is 17.8 Å². The Hall–Kier alpha value is -3.53. The molecule has 0 saturated carbocycles. The lowest BCUT2D eigenvalue weighted by Gasteiger charge is -2.25. The van der Waals surface area contributed by atoms with Crippen molar-refractivity contribution >= 4 is 17.4 Å². The van der Waals surface area contributed by atoms with Gasteiger partial charge < -0.3 is 15.7 Å². The molecule has 2 atom stereocenters. The molecule has 6 nitrogen and oxygen atoms in total. The Balaban J connectivity index is 1.50. The first-order valence-corrected chi connectivity index (χ1v) is 12.8. The minimum Gasteiger partial charge on any atom is -0.390 e. The van der Waals surface area contributed by atoms with E-state index in [1.165, 1.54) is 17.7 Å². The number of halogens is 2. The number of nitrogens with one attached hydrogen (secondary N) is 2. The Bertz CT molecular complexity index is 1310. The number of nitrogens with zero attached hydrogens (tertiary/aromatic N) is 2. The lowest BCUT2D eigenvalue weighted by molar-refractivity contribution is 0.0834. The molecule has 192 valence electrons. The Kier molecular flexibility index (Phi) is 9.05. The van der Waals surface area contributed by atoms with Crippen molar-refractivity contribution in [3.8, 4) is 11.3 Å². The van der Waals surface area contributed by atoms with E-state index in [0.717, 1.165) is 35.1 Å². The molecule has 0 aliphatic rings. The number of aromatic nitrogens is 2. The van der Waals surface area contributed by atoms with Crippen LogP contribution in [0.25, 0.3) is 11.3 Å². The highest BCUT2D eigenvalue weighted by atomic mass is 32.1. The maximum atomic E-state index is 13.8. The Labute approximate surface area is 218 Å². The van der Waals surface area contributed by atoms with Crippen LogP contribution >= 0.6 is 11.5 Å². The summed E-state index contributed by atoms with van der Waals surface area (Å²) in [6.45, 7) is 2.77. The number of amides is 1. The fraction of sp³-hybridized carbons (Fsp3) is 0.250. The van der Waals surface area contributed by atoms with Crippen molar-refractivity contribution < 1.29 is 18.7 Å². The summed E-state index contributed by atoms with van der Waals surface area (Å²) in [6.07, 6.45) is -0.0844. The maximum absolute atomic E-state index is 13.8. The minimum atomic E-state index is -1.04. The summed E-state index contributed by atoms with van der Waals surface area (Å²) in [7, 11) is 0. The van der Waals surface area contributed by atoms with Gasteiger partial charge in [-0.05, 0) is 53.2 Å². The smallest absolute Gasteiger partial charge is 0.265 e. The highest BCUT2D eigenvalue weighted by Gasteiger charge is 2.26. The summed E-state index contributed by atoms with van der Waals surface area (Å²) >= 11 is 0.946. The molecule has 0 aliphatic heterocycles. The monoisotopic (exact) mass is 522 g/mol. The van der Waals surface area contributed by atoms with Crippen molar-refractivity contribution in [2.75, 3.05) is 6.54 Å². The zero-order chi connectivity index (χ0) is 26.2. The molecule has 37 heavy (non-hydrogen) atoms. The number of aryl methyl sites for hydroxylation is 1. The molecule has 0 fully saturated rings. The van der Waals surface area contributed by atoms with Gasteiger partial charge in [-0.25, -0.2) is 8.78 Å². The number of benzene rings is 3. The maximum Gasteiger partial charge on any atom is 0.265 e. The molecule has 1 amide bonds. The van der Waals surface area contributed by atoms with Crippen LogP contribution in [0.2, 0.25) is 0 Å². The average Bonchev–Trinajstić information content (AvgIpc) is 3.39. The average molecular weight is 523 g/mol. The van der Waals surface area contributed by atoms with Gasteiger partial charge in [0.05, 0.1) is 12.1 Å². The number of carbonyl (C=O) groups is 1. The first kappa shape index (κ1) is 26.5. The van der Waals surface area contributed by atoms with Crippen LogP contribution in [0.4, 0.5) is 8.78 Å². The first-order chi connectivity index (χ1) is 17.9. The standard InChI is InChI=1S/C28H28F2N4O2S/c1-2-18-7-6-8-19(11-18)16-31-17-25(35)24(14-20-12-22(29)15-23(30)13-20)32-28(36)27-26(33-34-37-27)21-9-4-3-5-10-21/h3-13,15,24-25,31,35H,2,14,16-17H2,1H3,(H,32,36)/t24-,25+/m1/s1. The molecule has 9 heteroatoms. The molecule has 0 bridgehead atoms. The molecule has 1 heterocycles. The highest BCUT2D eigenvalue weighted by Crippen LogP contribution is 2.24. The number of aliphatic hydroxyl groups excluding tert-OH is 1. The number of aliphatic hydroxyl groups is 1. The predicted octanol–water partition coefficient (Wildman–Crippen LogP) is 4.54. The van der Waals surface area contributed by atoms with Crippen LogP contribution < -0.4 is 10.6 Å². The summed E-state index contributed by atoms with van der Waals surface area (Å²) < 4.78 is 31.6. The Morgan fingerprint density at radius 1 is 0.973 bits per heavy atom. The largest absolute Gasteiger partial charge is 0.390 e. The summed E-state index contributed by atoms with van der Waals surface area (Å²) in [4.78, 5) is 13.5. The molecule has 4 aromatic rings. The number of hydrogen-bond acceptors (Lipinski definition) is 6. The van der Waals surface area contributed by atoms with Crippen molar-refractivity contribution in [3.05, 3.63) is 106 Å². The molecular formula is C28H28F2N4O2S. The van der Waals surface area contributed by atoms with Crippen molar-refractivity contribution in [2.45, 2.75) is 38.5 Å². The van der Waals surface area contributed by atoms with Crippen molar-refractivity contribution in [2.24, 2.45) is 0 Å². The zero-order valence-corrected chi connectivity index (χ0v) is 21.1. The first-order valence-electron chi connectivity index (χ1n) is 12.0. The molecule has 3 aromatic carbocycles. The Morgan fingerprint density at radius 2 is 1.70 bits per heavy atom. The van der Waals surface area contributed by atoms with Gasteiger partial charge in [0.25, 0.3) is 5.91 Å². The van der Waals surface area contributed by atoms with E-state index < -0.39 is 29.7 Å². The van der Waals surface area contributed by atoms with Crippen LogP contribution in [-0.4, -0.2) is 39.3 Å². The van der Waals surface area contributed by atoms with Crippen molar-refractivity contribution in [1.82, 2.24) is 20.2 Å². The summed E-state index contributed by atoms with van der Waals surface area (Å²) in [5.74, 6) is -1.91. The molecule has 0 spiro atoms. The Morgan fingerprint density at radius 3 is 2.43 bits per heavy atom. The van der Waals surface area contributed by atoms with Gasteiger partial charge in [-0.15, -0.1) is 5.10 Å². The van der Waals surface area contributed by atoms with E-state index >= 15 is 0 Å². The molecule has 1 aromatic heterocycles. The predicted molar refractivity (Wildman–Crippen MR) is 140 cm³/mol. The molecule has 0 aliphatic carbocycles. The molecule has 0 saturated heterocycles. The van der Waals surface area contributed by atoms with Gasteiger partial charge in [0.1, 0.15) is 22.2 Å². The van der Waals surface area contributed by atoms with Crippen molar-refractivity contribution in [3.63, 3.8) is 0 Å². The quantitative estimate of drug-likeness (QED) is 0.269. The topological polar surface area (TPSA) is 87.1 Å². The zero-order valence-electron chi connectivity index (χ0n) is 20.3. The minimum absolute atomic E-state index is 0.0293. The lowest BCUT2D eigenvalue weighted by atomic mass is 10.00. The van der Waals surface area contributed by atoms with Crippen LogP contribution in [0.1, 0.15) is 33.3 Å². The summed E-state index contributed by atoms with van der Waals surface area (Å²) in [5.41, 5.74) is 3.78. The van der Waals surface area contributed by atoms with Crippen LogP contribution in [-0.2, 0) is 19.4 Å². The van der Waals surface area contributed by atoms with Gasteiger partial charge in [-0.1, -0.05) is 66.0 Å². The third kappa shape index (κ3) is 7.25. The van der Waals surface area contributed by atoms with E-state index in [4.69, 9.17) is 0 Å². The second kappa shape index (κ2) is 12.6. The van der Waals surface area contributed by atoms with Crippen LogP contribution in [0.15, 0.2) is 72.8 Å². The summed E-state index contributed by atoms with van der Waals surface area (Å²) in [6, 6.07) is 19.7. The van der Waals surface area contributed by atoms with E-state index in [1.54, 1.807) is 0 Å². The number of rotatable bonds is 11. The van der Waals surface area contributed by atoms with Gasteiger partial charge >= 0.3 is 0 Å². The molecule has 3 N–H and O–H groups in total. The second-order valence-corrected chi connectivity index (χ2v) is 9.50. The SMILES string of the molecule is CCc1cccc(CNC[C@H](O)[C@@H](Cc2cc(F)cc(F)c2)NC(=O)c2snnc2-c2ccccc2)c1. The van der Waals surface area contributed by atoms with Crippen molar-refractivity contribution in [1.29, 1.82) is 0 Å². The van der Waals surface area contributed by atoms with Gasteiger partial charge in [0, 0.05) is 24.7 Å². The number of hydrogen-bond donors (Lipinski definition) is 3. The van der Waals surface area contributed by atoms with Gasteiger partial charge in [-0.2, -0.15) is 0 Å². The van der Waals surface area contributed by atoms with E-state index in [1.807, 2.05) is 42.5 Å². The third-order valence-electron chi connectivity index (χ3n) is 5.98. The normalized spacial score (nSPS) is 12.8.